The number of hydrogen-bond acceptors (Lipinski definition) is 6. The van der Waals surface area contributed by atoms with E-state index in [0.29, 0.717) is 10.0 Å². The quantitative estimate of drug-likeness (QED) is 0.902. The van der Waals surface area contributed by atoms with E-state index in [2.05, 4.69) is 9.71 Å². The van der Waals surface area contributed by atoms with Crippen molar-refractivity contribution >= 4 is 37.8 Å². The van der Waals surface area contributed by atoms with E-state index >= 15 is 0 Å². The van der Waals surface area contributed by atoms with Gasteiger partial charge in [-0.25, -0.2) is 13.4 Å². The van der Waals surface area contributed by atoms with Gasteiger partial charge in [0.1, 0.15) is 4.90 Å². The number of nitrogens with one attached hydrogen (secondary N) is 1. The lowest BCUT2D eigenvalue weighted by Crippen LogP contribution is -2.13. The van der Waals surface area contributed by atoms with Crippen LogP contribution in [-0.2, 0) is 29.5 Å². The summed E-state index contributed by atoms with van der Waals surface area (Å²) in [6.45, 7) is -0.276. The predicted octanol–water partition coefficient (Wildman–Crippen LogP) is 2.38. The SMILES string of the molecule is O=S(=O)(Nc1nc2c(s1)CCCC2)c1ccsc1CO. The van der Waals surface area contributed by atoms with Crippen LogP contribution in [0.4, 0.5) is 5.13 Å². The molecule has 0 saturated carbocycles. The molecule has 0 bridgehead atoms. The summed E-state index contributed by atoms with van der Waals surface area (Å²) in [6, 6.07) is 1.51. The largest absolute Gasteiger partial charge is 0.391 e. The maximum Gasteiger partial charge on any atom is 0.264 e. The molecule has 108 valence electrons. The molecule has 8 heteroatoms. The van der Waals surface area contributed by atoms with Crippen LogP contribution in [0.2, 0.25) is 0 Å². The van der Waals surface area contributed by atoms with Crippen LogP contribution in [-0.4, -0.2) is 18.5 Å². The number of thiazole rings is 1. The predicted molar refractivity (Wildman–Crippen MR) is 79.8 cm³/mol. The van der Waals surface area contributed by atoms with Crippen LogP contribution in [0.3, 0.4) is 0 Å². The minimum absolute atomic E-state index is 0.137. The van der Waals surface area contributed by atoms with E-state index in [1.54, 1.807) is 5.38 Å². The molecular weight excluding hydrogens is 316 g/mol. The van der Waals surface area contributed by atoms with Crippen LogP contribution in [0.15, 0.2) is 16.3 Å². The Morgan fingerprint density at radius 2 is 2.15 bits per heavy atom. The van der Waals surface area contributed by atoms with Crippen molar-refractivity contribution in [2.75, 3.05) is 4.72 Å². The Bertz CT molecular complexity index is 695. The number of fused-ring (bicyclic) bond motifs is 1. The number of sulfonamides is 1. The highest BCUT2D eigenvalue weighted by atomic mass is 32.2. The van der Waals surface area contributed by atoms with Gasteiger partial charge in [-0.3, -0.25) is 4.72 Å². The second-order valence-corrected chi connectivity index (χ2v) is 8.30. The van der Waals surface area contributed by atoms with Crippen LogP contribution in [0.1, 0.15) is 28.3 Å². The summed E-state index contributed by atoms with van der Waals surface area (Å²) in [5, 5.41) is 11.3. The third-order valence-corrected chi connectivity index (χ3v) is 6.87. The maximum absolute atomic E-state index is 12.3. The topological polar surface area (TPSA) is 79.3 Å². The van der Waals surface area contributed by atoms with Gasteiger partial charge in [0.25, 0.3) is 10.0 Å². The zero-order chi connectivity index (χ0) is 14.2. The number of aryl methyl sites for hydroxylation is 2. The first-order chi connectivity index (χ1) is 9.60. The lowest BCUT2D eigenvalue weighted by Gasteiger charge is -2.06. The molecular formula is C12H14N2O3S3. The lowest BCUT2D eigenvalue weighted by molar-refractivity contribution is 0.282. The molecule has 0 atom stereocenters. The molecule has 0 saturated heterocycles. The number of aromatic nitrogens is 1. The van der Waals surface area contributed by atoms with Crippen LogP contribution in [0, 0.1) is 0 Å². The van der Waals surface area contributed by atoms with E-state index < -0.39 is 10.0 Å². The molecule has 2 heterocycles. The first-order valence-corrected chi connectivity index (χ1v) is 9.47. The van der Waals surface area contributed by atoms with Gasteiger partial charge >= 0.3 is 0 Å². The monoisotopic (exact) mass is 330 g/mol. The standard InChI is InChI=1S/C12H14N2O3S3/c15-7-10-11(5-6-18-10)20(16,17)14-12-13-8-3-1-2-4-9(8)19-12/h5-6,15H,1-4,7H2,(H,13,14). The molecule has 20 heavy (non-hydrogen) atoms. The van der Waals surface area contributed by atoms with Gasteiger partial charge in [0.2, 0.25) is 0 Å². The summed E-state index contributed by atoms with van der Waals surface area (Å²) >= 11 is 2.64. The molecule has 5 nitrogen and oxygen atoms in total. The highest BCUT2D eigenvalue weighted by Gasteiger charge is 2.22. The van der Waals surface area contributed by atoms with Gasteiger partial charge in [0.15, 0.2) is 5.13 Å². The van der Waals surface area contributed by atoms with Crippen molar-refractivity contribution in [3.8, 4) is 0 Å². The second-order valence-electron chi connectivity index (χ2n) is 4.57. The van der Waals surface area contributed by atoms with Crippen LogP contribution >= 0.6 is 22.7 Å². The smallest absolute Gasteiger partial charge is 0.264 e. The van der Waals surface area contributed by atoms with Crippen molar-refractivity contribution in [3.63, 3.8) is 0 Å². The number of nitrogens with zero attached hydrogens (tertiary/aromatic N) is 1. The van der Waals surface area contributed by atoms with Crippen molar-refractivity contribution in [1.29, 1.82) is 0 Å². The van der Waals surface area contributed by atoms with Crippen molar-refractivity contribution in [3.05, 3.63) is 26.9 Å². The van der Waals surface area contributed by atoms with Crippen molar-refractivity contribution in [1.82, 2.24) is 4.98 Å². The molecule has 2 aromatic heterocycles. The molecule has 1 aliphatic rings. The fourth-order valence-corrected chi connectivity index (χ4v) is 5.83. The molecule has 0 spiro atoms. The van der Waals surface area contributed by atoms with Gasteiger partial charge in [-0.05, 0) is 37.1 Å². The molecule has 0 radical (unpaired) electrons. The van der Waals surface area contributed by atoms with Gasteiger partial charge in [-0.15, -0.1) is 22.7 Å². The first kappa shape index (κ1) is 14.0. The van der Waals surface area contributed by atoms with Gasteiger partial charge in [-0.2, -0.15) is 0 Å². The Balaban J connectivity index is 1.88. The Labute approximate surface area is 125 Å². The third kappa shape index (κ3) is 2.60. The lowest BCUT2D eigenvalue weighted by atomic mass is 10.0. The molecule has 3 rings (SSSR count). The maximum atomic E-state index is 12.3. The Morgan fingerprint density at radius 3 is 2.90 bits per heavy atom. The summed E-state index contributed by atoms with van der Waals surface area (Å²) in [5.41, 5.74) is 1.02. The summed E-state index contributed by atoms with van der Waals surface area (Å²) in [7, 11) is -3.66. The minimum atomic E-state index is -3.66. The highest BCUT2D eigenvalue weighted by molar-refractivity contribution is 7.93. The zero-order valence-corrected chi connectivity index (χ0v) is 13.1. The van der Waals surface area contributed by atoms with Gasteiger partial charge < -0.3 is 5.11 Å². The fourth-order valence-electron chi connectivity index (χ4n) is 2.25. The Kier molecular flexibility index (Phi) is 3.80. The molecule has 2 N–H and O–H groups in total. The number of aliphatic hydroxyl groups excluding tert-OH is 1. The van der Waals surface area contributed by atoms with E-state index in [9.17, 15) is 13.5 Å². The zero-order valence-electron chi connectivity index (χ0n) is 10.6. The normalized spacial score (nSPS) is 15.1. The van der Waals surface area contributed by atoms with Gasteiger partial charge in [-0.1, -0.05) is 0 Å². The van der Waals surface area contributed by atoms with Gasteiger partial charge in [0, 0.05) is 4.88 Å². The summed E-state index contributed by atoms with van der Waals surface area (Å²) in [5.74, 6) is 0. The van der Waals surface area contributed by atoms with E-state index in [1.165, 1.54) is 33.6 Å². The molecule has 2 aromatic rings. The minimum Gasteiger partial charge on any atom is -0.391 e. The number of anilines is 1. The van der Waals surface area contributed by atoms with Crippen molar-refractivity contribution in [2.24, 2.45) is 0 Å². The number of rotatable bonds is 4. The van der Waals surface area contributed by atoms with Crippen molar-refractivity contribution < 1.29 is 13.5 Å². The van der Waals surface area contributed by atoms with Crippen LogP contribution in [0.5, 0.6) is 0 Å². The summed E-state index contributed by atoms with van der Waals surface area (Å²) in [4.78, 5) is 6.13. The summed E-state index contributed by atoms with van der Waals surface area (Å²) in [6.07, 6.45) is 4.16. The van der Waals surface area contributed by atoms with E-state index in [1.807, 2.05) is 0 Å². The second kappa shape index (κ2) is 5.44. The molecule has 0 aromatic carbocycles. The average molecular weight is 330 g/mol. The molecule has 0 unspecified atom stereocenters. The third-order valence-electron chi connectivity index (χ3n) is 3.21. The fraction of sp³-hybridized carbons (Fsp3) is 0.417. The van der Waals surface area contributed by atoms with Crippen LogP contribution < -0.4 is 4.72 Å². The molecule has 1 aliphatic carbocycles. The number of thiophene rings is 1. The Hall–Kier alpha value is -0.960. The highest BCUT2D eigenvalue weighted by Crippen LogP contribution is 2.31. The molecule has 0 aliphatic heterocycles. The van der Waals surface area contributed by atoms with Crippen LogP contribution in [0.25, 0.3) is 0 Å². The van der Waals surface area contributed by atoms with E-state index in [-0.39, 0.29) is 11.5 Å². The van der Waals surface area contributed by atoms with Crippen molar-refractivity contribution in [2.45, 2.75) is 37.2 Å². The number of aliphatic hydroxyl groups is 1. The number of hydrogen-bond donors (Lipinski definition) is 2. The average Bonchev–Trinajstić information content (AvgIpc) is 3.03. The molecule has 0 amide bonds. The molecule has 0 fully saturated rings. The first-order valence-electron chi connectivity index (χ1n) is 6.29. The Morgan fingerprint density at radius 1 is 1.35 bits per heavy atom. The van der Waals surface area contributed by atoms with E-state index in [0.717, 1.165) is 31.4 Å². The van der Waals surface area contributed by atoms with E-state index in [4.69, 9.17) is 0 Å². The summed E-state index contributed by atoms with van der Waals surface area (Å²) < 4.78 is 27.1. The van der Waals surface area contributed by atoms with Gasteiger partial charge in [0.05, 0.1) is 17.2 Å².